The van der Waals surface area contributed by atoms with Gasteiger partial charge in [-0.25, -0.2) is 19.9 Å². The molecule has 1 unspecified atom stereocenters. The van der Waals surface area contributed by atoms with Gasteiger partial charge in [-0.2, -0.15) is 0 Å². The Morgan fingerprint density at radius 3 is 2.64 bits per heavy atom. The zero-order valence-corrected chi connectivity index (χ0v) is 13.3. The molecule has 0 aliphatic rings. The Balaban J connectivity index is 2.04. The van der Waals surface area contributed by atoms with Gasteiger partial charge in [0, 0.05) is 25.1 Å². The van der Waals surface area contributed by atoms with E-state index in [0.29, 0.717) is 5.92 Å². The number of rotatable bonds is 4. The average molecular weight is 296 g/mol. The van der Waals surface area contributed by atoms with Crippen LogP contribution in [0.2, 0.25) is 0 Å². The van der Waals surface area contributed by atoms with Crippen LogP contribution in [-0.2, 0) is 7.05 Å². The van der Waals surface area contributed by atoms with E-state index in [1.54, 1.807) is 6.33 Å². The van der Waals surface area contributed by atoms with Crippen molar-refractivity contribution in [2.24, 2.45) is 13.0 Å². The fraction of sp³-hybridized carbons (Fsp3) is 0.375. The van der Waals surface area contributed by atoms with E-state index >= 15 is 0 Å². The number of pyridine rings is 1. The summed E-state index contributed by atoms with van der Waals surface area (Å²) in [6.07, 6.45) is 5.33. The van der Waals surface area contributed by atoms with Gasteiger partial charge < -0.3 is 9.88 Å². The summed E-state index contributed by atoms with van der Waals surface area (Å²) in [6.45, 7) is 6.29. The Morgan fingerprint density at radius 2 is 1.95 bits per heavy atom. The first-order valence-electron chi connectivity index (χ1n) is 7.38. The fourth-order valence-electron chi connectivity index (χ4n) is 2.50. The van der Waals surface area contributed by atoms with Crippen LogP contribution in [0.25, 0.3) is 11.0 Å². The van der Waals surface area contributed by atoms with Crippen molar-refractivity contribution in [2.75, 3.05) is 5.32 Å². The van der Waals surface area contributed by atoms with Gasteiger partial charge in [0.25, 0.3) is 0 Å². The third-order valence-corrected chi connectivity index (χ3v) is 3.72. The Bertz CT molecular complexity index is 792. The molecule has 6 heteroatoms. The molecule has 3 rings (SSSR count). The Hall–Kier alpha value is -2.50. The summed E-state index contributed by atoms with van der Waals surface area (Å²) in [7, 11) is 2.00. The van der Waals surface area contributed by atoms with Gasteiger partial charge in [0.05, 0.1) is 11.6 Å². The molecule has 0 bridgehead atoms. The lowest BCUT2D eigenvalue weighted by atomic mass is 10.0. The lowest BCUT2D eigenvalue weighted by molar-refractivity contribution is 0.507. The van der Waals surface area contributed by atoms with Gasteiger partial charge in [0.15, 0.2) is 5.82 Å². The summed E-state index contributed by atoms with van der Waals surface area (Å²) in [6, 6.07) is 3.98. The molecule has 1 atom stereocenters. The van der Waals surface area contributed by atoms with Gasteiger partial charge in [0.1, 0.15) is 17.7 Å². The van der Waals surface area contributed by atoms with Crippen molar-refractivity contribution in [3.05, 3.63) is 42.4 Å². The minimum absolute atomic E-state index is 0.0559. The van der Waals surface area contributed by atoms with Crippen LogP contribution < -0.4 is 5.32 Å². The maximum Gasteiger partial charge on any atom is 0.156 e. The Kier molecular flexibility index (Phi) is 3.75. The molecule has 0 saturated carbocycles. The summed E-state index contributed by atoms with van der Waals surface area (Å²) in [5.41, 5.74) is 2.58. The van der Waals surface area contributed by atoms with E-state index < -0.39 is 0 Å². The van der Waals surface area contributed by atoms with E-state index in [4.69, 9.17) is 0 Å². The van der Waals surface area contributed by atoms with Crippen molar-refractivity contribution in [1.82, 2.24) is 24.5 Å². The SMILES string of the molecule is Cc1ccc2ncnc(NC(c3nccn3C)C(C)C)c2n1. The molecule has 114 valence electrons. The van der Waals surface area contributed by atoms with Crippen LogP contribution in [-0.4, -0.2) is 24.5 Å². The molecule has 0 spiro atoms. The van der Waals surface area contributed by atoms with Gasteiger partial charge in [0.2, 0.25) is 0 Å². The molecule has 3 aromatic heterocycles. The molecule has 0 amide bonds. The van der Waals surface area contributed by atoms with Crippen LogP contribution in [0.5, 0.6) is 0 Å². The van der Waals surface area contributed by atoms with Gasteiger partial charge in [-0.1, -0.05) is 13.8 Å². The second-order valence-corrected chi connectivity index (χ2v) is 5.81. The van der Waals surface area contributed by atoms with E-state index in [1.165, 1.54) is 0 Å². The smallest absolute Gasteiger partial charge is 0.156 e. The molecule has 0 radical (unpaired) electrons. The fourth-order valence-corrected chi connectivity index (χ4v) is 2.50. The van der Waals surface area contributed by atoms with Gasteiger partial charge in [-0.3, -0.25) is 0 Å². The first-order valence-corrected chi connectivity index (χ1v) is 7.38. The third-order valence-electron chi connectivity index (χ3n) is 3.72. The van der Waals surface area contributed by atoms with E-state index in [2.05, 4.69) is 39.1 Å². The lowest BCUT2D eigenvalue weighted by Crippen LogP contribution is -2.21. The zero-order valence-electron chi connectivity index (χ0n) is 13.3. The number of aryl methyl sites for hydroxylation is 2. The van der Waals surface area contributed by atoms with Crippen molar-refractivity contribution >= 4 is 16.9 Å². The van der Waals surface area contributed by atoms with Gasteiger partial charge in [-0.05, 0) is 25.0 Å². The van der Waals surface area contributed by atoms with Gasteiger partial charge >= 0.3 is 0 Å². The number of nitrogens with one attached hydrogen (secondary N) is 1. The highest BCUT2D eigenvalue weighted by Gasteiger charge is 2.21. The summed E-state index contributed by atoms with van der Waals surface area (Å²) in [4.78, 5) is 17.7. The van der Waals surface area contributed by atoms with Crippen LogP contribution in [0.3, 0.4) is 0 Å². The number of hydrogen-bond donors (Lipinski definition) is 1. The van der Waals surface area contributed by atoms with Crippen LogP contribution >= 0.6 is 0 Å². The highest BCUT2D eigenvalue weighted by Crippen LogP contribution is 2.27. The van der Waals surface area contributed by atoms with Crippen molar-refractivity contribution in [3.8, 4) is 0 Å². The second kappa shape index (κ2) is 5.71. The van der Waals surface area contributed by atoms with E-state index in [0.717, 1.165) is 28.4 Å². The largest absolute Gasteiger partial charge is 0.358 e. The molecule has 3 heterocycles. The predicted octanol–water partition coefficient (Wildman–Crippen LogP) is 2.88. The number of imidazole rings is 1. The van der Waals surface area contributed by atoms with Crippen molar-refractivity contribution in [3.63, 3.8) is 0 Å². The molecule has 0 aliphatic heterocycles. The monoisotopic (exact) mass is 296 g/mol. The van der Waals surface area contributed by atoms with Crippen molar-refractivity contribution in [2.45, 2.75) is 26.8 Å². The lowest BCUT2D eigenvalue weighted by Gasteiger charge is -2.23. The Morgan fingerprint density at radius 1 is 1.14 bits per heavy atom. The molecule has 0 fully saturated rings. The highest BCUT2D eigenvalue weighted by molar-refractivity contribution is 5.84. The first kappa shape index (κ1) is 14.4. The third kappa shape index (κ3) is 2.64. The minimum Gasteiger partial charge on any atom is -0.358 e. The zero-order chi connectivity index (χ0) is 15.7. The maximum absolute atomic E-state index is 4.58. The normalized spacial score (nSPS) is 12.8. The predicted molar refractivity (Wildman–Crippen MR) is 86.5 cm³/mol. The summed E-state index contributed by atoms with van der Waals surface area (Å²) < 4.78 is 2.03. The summed E-state index contributed by atoms with van der Waals surface area (Å²) >= 11 is 0. The molecular weight excluding hydrogens is 276 g/mol. The molecule has 0 saturated heterocycles. The molecule has 6 nitrogen and oxygen atoms in total. The number of anilines is 1. The number of aromatic nitrogens is 5. The maximum atomic E-state index is 4.58. The Labute approximate surface area is 129 Å². The molecular formula is C16H20N6. The minimum atomic E-state index is 0.0559. The van der Waals surface area contributed by atoms with Crippen molar-refractivity contribution in [1.29, 1.82) is 0 Å². The van der Waals surface area contributed by atoms with E-state index in [-0.39, 0.29) is 6.04 Å². The number of fused-ring (bicyclic) bond motifs is 1. The number of nitrogens with zero attached hydrogens (tertiary/aromatic N) is 5. The standard InChI is InChI=1S/C16H20N6/c1-10(2)13(16-17-7-8-22(16)4)21-15-14-12(18-9-19-15)6-5-11(3)20-14/h5-10,13H,1-4H3,(H,18,19,21). The molecule has 0 aliphatic carbocycles. The van der Waals surface area contributed by atoms with Gasteiger partial charge in [-0.15, -0.1) is 0 Å². The van der Waals surface area contributed by atoms with Crippen molar-refractivity contribution < 1.29 is 0 Å². The number of hydrogen-bond acceptors (Lipinski definition) is 5. The molecule has 0 aromatic carbocycles. The molecule has 1 N–H and O–H groups in total. The van der Waals surface area contributed by atoms with Crippen LogP contribution in [0, 0.1) is 12.8 Å². The van der Waals surface area contributed by atoms with E-state index in [1.807, 2.05) is 43.1 Å². The molecule has 3 aromatic rings. The quantitative estimate of drug-likeness (QED) is 0.801. The highest BCUT2D eigenvalue weighted by atomic mass is 15.1. The summed E-state index contributed by atoms with van der Waals surface area (Å²) in [5.74, 6) is 2.08. The van der Waals surface area contributed by atoms with Crippen LogP contribution in [0.4, 0.5) is 5.82 Å². The molecule has 22 heavy (non-hydrogen) atoms. The average Bonchev–Trinajstić information content (AvgIpc) is 2.90. The van der Waals surface area contributed by atoms with Crippen LogP contribution in [0.15, 0.2) is 30.9 Å². The summed E-state index contributed by atoms with van der Waals surface area (Å²) in [5, 5.41) is 3.49. The topological polar surface area (TPSA) is 68.5 Å². The second-order valence-electron chi connectivity index (χ2n) is 5.81. The van der Waals surface area contributed by atoms with Crippen LogP contribution in [0.1, 0.15) is 31.4 Å². The first-order chi connectivity index (χ1) is 10.6. The van der Waals surface area contributed by atoms with E-state index in [9.17, 15) is 0 Å².